The second kappa shape index (κ2) is 6.98. The van der Waals surface area contributed by atoms with E-state index in [0.29, 0.717) is 30.6 Å². The van der Waals surface area contributed by atoms with Crippen molar-refractivity contribution in [2.24, 2.45) is 0 Å². The quantitative estimate of drug-likeness (QED) is 0.802. The summed E-state index contributed by atoms with van der Waals surface area (Å²) >= 11 is 0. The zero-order valence-corrected chi connectivity index (χ0v) is 13.6. The fourth-order valence-electron chi connectivity index (χ4n) is 2.36. The lowest BCUT2D eigenvalue weighted by Gasteiger charge is -2.35. The lowest BCUT2D eigenvalue weighted by Crippen LogP contribution is -2.50. The maximum Gasteiger partial charge on any atom is 0.410 e. The van der Waals surface area contributed by atoms with Crippen molar-refractivity contribution in [1.29, 1.82) is 0 Å². The van der Waals surface area contributed by atoms with E-state index < -0.39 is 24.0 Å². The van der Waals surface area contributed by atoms with E-state index in [-0.39, 0.29) is 6.54 Å². The number of para-hydroxylation sites is 1. The molecule has 6 heteroatoms. The number of ether oxygens (including phenoxy) is 2. The molecule has 0 saturated carbocycles. The van der Waals surface area contributed by atoms with Crippen molar-refractivity contribution < 1.29 is 23.5 Å². The topological polar surface area (TPSA) is 55.8 Å². The van der Waals surface area contributed by atoms with E-state index in [2.05, 4.69) is 0 Å². The zero-order valence-electron chi connectivity index (χ0n) is 13.6. The number of likely N-dealkylation sites (tertiary alicyclic amines) is 1. The number of alkyl halides is 1. The summed E-state index contributed by atoms with van der Waals surface area (Å²) in [5.41, 5.74) is -0.228. The van der Waals surface area contributed by atoms with Crippen LogP contribution in [0.25, 0.3) is 0 Å². The van der Waals surface area contributed by atoms with Gasteiger partial charge in [-0.05, 0) is 32.9 Å². The van der Waals surface area contributed by atoms with Gasteiger partial charge in [0.2, 0.25) is 0 Å². The van der Waals surface area contributed by atoms with E-state index in [1.807, 2.05) is 0 Å². The van der Waals surface area contributed by atoms with E-state index in [9.17, 15) is 14.0 Å². The average Bonchev–Trinajstić information content (AvgIpc) is 2.48. The predicted octanol–water partition coefficient (Wildman–Crippen LogP) is 3.23. The fourth-order valence-corrected chi connectivity index (χ4v) is 2.36. The van der Waals surface area contributed by atoms with Crippen LogP contribution >= 0.6 is 0 Å². The number of halogens is 1. The smallest absolute Gasteiger partial charge is 0.410 e. The van der Waals surface area contributed by atoms with Gasteiger partial charge in [0.05, 0.1) is 12.1 Å². The van der Waals surface area contributed by atoms with Crippen molar-refractivity contribution in [3.05, 3.63) is 29.8 Å². The normalized spacial score (nSPS) is 21.7. The van der Waals surface area contributed by atoms with Crippen LogP contribution in [0.3, 0.4) is 0 Å². The van der Waals surface area contributed by atoms with Gasteiger partial charge in [-0.15, -0.1) is 0 Å². The monoisotopic (exact) mass is 323 g/mol. The molecule has 0 radical (unpaired) electrons. The number of aldehydes is 1. The first-order valence-corrected chi connectivity index (χ1v) is 7.63. The van der Waals surface area contributed by atoms with Gasteiger partial charge in [-0.2, -0.15) is 0 Å². The van der Waals surface area contributed by atoms with Gasteiger partial charge < -0.3 is 14.4 Å². The first kappa shape index (κ1) is 17.2. The minimum Gasteiger partial charge on any atom is -0.487 e. The Hall–Kier alpha value is -2.11. The van der Waals surface area contributed by atoms with Crippen LogP contribution in [0.5, 0.6) is 5.75 Å². The Balaban J connectivity index is 1.96. The lowest BCUT2D eigenvalue weighted by molar-refractivity contribution is -0.0106. The van der Waals surface area contributed by atoms with Gasteiger partial charge in [0, 0.05) is 13.0 Å². The number of nitrogens with zero attached hydrogens (tertiary/aromatic N) is 1. The molecule has 1 fully saturated rings. The molecule has 0 bridgehead atoms. The van der Waals surface area contributed by atoms with Gasteiger partial charge in [-0.25, -0.2) is 9.18 Å². The number of hydrogen-bond donors (Lipinski definition) is 0. The number of piperidine rings is 1. The minimum absolute atomic E-state index is 0.0805. The zero-order chi connectivity index (χ0) is 17.0. The molecule has 5 nitrogen and oxygen atoms in total. The van der Waals surface area contributed by atoms with Crippen LogP contribution < -0.4 is 4.74 Å². The summed E-state index contributed by atoms with van der Waals surface area (Å²) in [5.74, 6) is 0.362. The predicted molar refractivity (Wildman–Crippen MR) is 83.6 cm³/mol. The highest BCUT2D eigenvalue weighted by atomic mass is 19.1. The molecule has 1 amide bonds. The Bertz CT molecular complexity index is 570. The standard InChI is InChI=1S/C17H22FNO4/c1-17(2,3)23-16(21)19-9-8-15(13(18)10-19)22-14-7-5-4-6-12(14)11-20/h4-7,11,13,15H,8-10H2,1-3H3. The van der Waals surface area contributed by atoms with Crippen molar-refractivity contribution in [1.82, 2.24) is 4.90 Å². The van der Waals surface area contributed by atoms with Gasteiger partial charge in [0.15, 0.2) is 12.5 Å². The summed E-state index contributed by atoms with van der Waals surface area (Å²) in [7, 11) is 0. The highest BCUT2D eigenvalue weighted by molar-refractivity contribution is 5.79. The molecule has 0 spiro atoms. The molecule has 0 aromatic heterocycles. The third kappa shape index (κ3) is 4.68. The second-order valence-corrected chi connectivity index (χ2v) is 6.54. The Kier molecular flexibility index (Phi) is 5.23. The molecule has 126 valence electrons. The molecular formula is C17H22FNO4. The van der Waals surface area contributed by atoms with E-state index >= 15 is 0 Å². The molecule has 23 heavy (non-hydrogen) atoms. The third-order valence-electron chi connectivity index (χ3n) is 3.46. The maximum atomic E-state index is 14.3. The molecule has 0 N–H and O–H groups in total. The largest absolute Gasteiger partial charge is 0.487 e. The maximum absolute atomic E-state index is 14.3. The number of carbonyl (C=O) groups is 2. The van der Waals surface area contributed by atoms with E-state index in [4.69, 9.17) is 9.47 Å². The first-order chi connectivity index (χ1) is 10.8. The summed E-state index contributed by atoms with van der Waals surface area (Å²) < 4.78 is 25.2. The third-order valence-corrected chi connectivity index (χ3v) is 3.46. The lowest BCUT2D eigenvalue weighted by atomic mass is 10.1. The van der Waals surface area contributed by atoms with Crippen LogP contribution in [-0.4, -0.2) is 48.2 Å². The van der Waals surface area contributed by atoms with Crippen molar-refractivity contribution in [3.63, 3.8) is 0 Å². The van der Waals surface area contributed by atoms with Crippen LogP contribution in [0, 0.1) is 0 Å². The van der Waals surface area contributed by atoms with Gasteiger partial charge in [-0.3, -0.25) is 4.79 Å². The van der Waals surface area contributed by atoms with E-state index in [0.717, 1.165) is 0 Å². The molecule has 1 saturated heterocycles. The SMILES string of the molecule is CC(C)(C)OC(=O)N1CCC(Oc2ccccc2C=O)C(F)C1. The Morgan fingerprint density at radius 3 is 2.65 bits per heavy atom. The number of hydrogen-bond acceptors (Lipinski definition) is 4. The summed E-state index contributed by atoms with van der Waals surface area (Å²) in [5, 5.41) is 0. The first-order valence-electron chi connectivity index (χ1n) is 7.63. The van der Waals surface area contributed by atoms with Gasteiger partial charge in [0.25, 0.3) is 0 Å². The summed E-state index contributed by atoms with van der Waals surface area (Å²) in [4.78, 5) is 24.3. The number of benzene rings is 1. The van der Waals surface area contributed by atoms with Gasteiger partial charge in [-0.1, -0.05) is 12.1 Å². The molecule has 1 aliphatic heterocycles. The molecule has 2 atom stereocenters. The molecule has 1 aromatic carbocycles. The van der Waals surface area contributed by atoms with E-state index in [1.54, 1.807) is 45.0 Å². The van der Waals surface area contributed by atoms with Crippen LogP contribution in [0.2, 0.25) is 0 Å². The Labute approximate surface area is 135 Å². The number of carbonyl (C=O) groups excluding carboxylic acids is 2. The molecule has 1 aliphatic rings. The molecule has 2 unspecified atom stereocenters. The van der Waals surface area contributed by atoms with Crippen LogP contribution in [0.15, 0.2) is 24.3 Å². The molecule has 1 aromatic rings. The Morgan fingerprint density at radius 1 is 1.35 bits per heavy atom. The van der Waals surface area contributed by atoms with Gasteiger partial charge >= 0.3 is 6.09 Å². The van der Waals surface area contributed by atoms with E-state index in [1.165, 1.54) is 4.90 Å². The fraction of sp³-hybridized carbons (Fsp3) is 0.529. The molecule has 0 aliphatic carbocycles. The average molecular weight is 323 g/mol. The number of rotatable bonds is 3. The van der Waals surface area contributed by atoms with Crippen molar-refractivity contribution in [2.45, 2.75) is 45.1 Å². The van der Waals surface area contributed by atoms with Gasteiger partial charge in [0.1, 0.15) is 17.5 Å². The van der Waals surface area contributed by atoms with Crippen LogP contribution in [0.4, 0.5) is 9.18 Å². The highest BCUT2D eigenvalue weighted by Gasteiger charge is 2.35. The Morgan fingerprint density at radius 2 is 2.04 bits per heavy atom. The second-order valence-electron chi connectivity index (χ2n) is 6.54. The van der Waals surface area contributed by atoms with Crippen LogP contribution in [-0.2, 0) is 4.74 Å². The molecular weight excluding hydrogens is 301 g/mol. The summed E-state index contributed by atoms with van der Waals surface area (Å²) in [6.45, 7) is 5.57. The number of amides is 1. The van der Waals surface area contributed by atoms with Crippen molar-refractivity contribution >= 4 is 12.4 Å². The molecule has 1 heterocycles. The van der Waals surface area contributed by atoms with Crippen LogP contribution in [0.1, 0.15) is 37.6 Å². The van der Waals surface area contributed by atoms with Crippen molar-refractivity contribution in [2.75, 3.05) is 13.1 Å². The minimum atomic E-state index is -1.34. The summed E-state index contributed by atoms with van der Waals surface area (Å²) in [6, 6.07) is 6.70. The summed E-state index contributed by atoms with van der Waals surface area (Å²) in [6.07, 6.45) is -1.52. The molecule has 2 rings (SSSR count). The highest BCUT2D eigenvalue weighted by Crippen LogP contribution is 2.24. The van der Waals surface area contributed by atoms with Crippen molar-refractivity contribution in [3.8, 4) is 5.75 Å².